The summed E-state index contributed by atoms with van der Waals surface area (Å²) in [5, 5.41) is 26.5. The minimum absolute atomic E-state index is 0.0123. The summed E-state index contributed by atoms with van der Waals surface area (Å²) in [4.78, 5) is 22.9. The number of non-ortho nitro benzene ring substituents is 1. The van der Waals surface area contributed by atoms with Crippen LogP contribution >= 0.6 is 0 Å². The highest BCUT2D eigenvalue weighted by Gasteiger charge is 2.19. The molecule has 0 atom stereocenters. The molecule has 2 N–H and O–H groups in total. The summed E-state index contributed by atoms with van der Waals surface area (Å²) in [7, 11) is 0. The molecule has 0 aliphatic heterocycles. The molecule has 2 aromatic carbocycles. The maximum atomic E-state index is 12.6. The number of benzene rings is 2. The molecule has 0 aliphatic rings. The molecule has 4 rings (SSSR count). The summed E-state index contributed by atoms with van der Waals surface area (Å²) in [5.41, 5.74) is 7.97. The summed E-state index contributed by atoms with van der Waals surface area (Å²) in [6.07, 6.45) is 0. The van der Waals surface area contributed by atoms with E-state index in [1.54, 1.807) is 25.1 Å². The summed E-state index contributed by atoms with van der Waals surface area (Å²) >= 11 is 0. The Hall–Kier alpha value is -4.60. The van der Waals surface area contributed by atoms with Gasteiger partial charge in [0.15, 0.2) is 0 Å². The van der Waals surface area contributed by atoms with E-state index in [1.165, 1.54) is 12.1 Å². The first kappa shape index (κ1) is 21.6. The Labute approximate surface area is 189 Å². The van der Waals surface area contributed by atoms with Crippen LogP contribution in [0.15, 0.2) is 65.8 Å². The number of hydrazone groups is 1. The van der Waals surface area contributed by atoms with Gasteiger partial charge in [-0.25, -0.2) is 10.1 Å². The largest absolute Gasteiger partial charge is 0.289 e. The number of aromatic nitrogens is 4. The molecule has 0 bridgehead atoms. The Balaban J connectivity index is 1.52. The Morgan fingerprint density at radius 2 is 1.82 bits per heavy atom. The van der Waals surface area contributed by atoms with Crippen molar-refractivity contribution < 1.29 is 9.72 Å². The van der Waals surface area contributed by atoms with Crippen molar-refractivity contribution in [1.29, 1.82) is 0 Å². The predicted molar refractivity (Wildman–Crippen MR) is 123 cm³/mol. The van der Waals surface area contributed by atoms with Crippen LogP contribution in [0.3, 0.4) is 0 Å². The van der Waals surface area contributed by atoms with Crippen LogP contribution in [0.4, 0.5) is 5.69 Å². The van der Waals surface area contributed by atoms with Crippen molar-refractivity contribution in [1.82, 2.24) is 25.4 Å². The van der Waals surface area contributed by atoms with E-state index in [4.69, 9.17) is 0 Å². The first-order valence-electron chi connectivity index (χ1n) is 10.1. The molecular formula is C23H21N7O3. The second-order valence-corrected chi connectivity index (χ2v) is 7.40. The molecule has 0 saturated carbocycles. The number of hydrogen-bond acceptors (Lipinski definition) is 6. The van der Waals surface area contributed by atoms with E-state index in [9.17, 15) is 14.9 Å². The van der Waals surface area contributed by atoms with Crippen LogP contribution in [-0.2, 0) is 0 Å². The highest BCUT2D eigenvalue weighted by Crippen LogP contribution is 2.27. The molecule has 166 valence electrons. The number of rotatable bonds is 6. The smallest absolute Gasteiger partial charge is 0.272 e. The zero-order chi connectivity index (χ0) is 23.5. The van der Waals surface area contributed by atoms with Crippen molar-refractivity contribution in [2.24, 2.45) is 5.10 Å². The van der Waals surface area contributed by atoms with Crippen molar-refractivity contribution in [2.75, 3.05) is 0 Å². The second kappa shape index (κ2) is 8.87. The molecular weight excluding hydrogens is 422 g/mol. The molecule has 0 fully saturated rings. The fourth-order valence-electron chi connectivity index (χ4n) is 3.48. The third-order valence-electron chi connectivity index (χ3n) is 5.19. The van der Waals surface area contributed by atoms with Crippen LogP contribution in [0.5, 0.6) is 0 Å². The van der Waals surface area contributed by atoms with Crippen molar-refractivity contribution in [3.8, 4) is 16.9 Å². The summed E-state index contributed by atoms with van der Waals surface area (Å²) in [5.74, 6) is -0.458. The zero-order valence-electron chi connectivity index (χ0n) is 18.2. The maximum Gasteiger partial charge on any atom is 0.289 e. The van der Waals surface area contributed by atoms with Gasteiger partial charge in [0.25, 0.3) is 11.6 Å². The van der Waals surface area contributed by atoms with Crippen LogP contribution in [0.1, 0.15) is 34.4 Å². The minimum atomic E-state index is -0.471. The molecule has 10 nitrogen and oxygen atoms in total. The zero-order valence-corrected chi connectivity index (χ0v) is 18.2. The molecule has 0 radical (unpaired) electrons. The van der Waals surface area contributed by atoms with Crippen LogP contribution in [-0.4, -0.2) is 36.5 Å². The van der Waals surface area contributed by atoms with Gasteiger partial charge in [-0.2, -0.15) is 15.3 Å². The van der Waals surface area contributed by atoms with Gasteiger partial charge >= 0.3 is 0 Å². The highest BCUT2D eigenvalue weighted by molar-refractivity contribution is 6.00. The van der Waals surface area contributed by atoms with Gasteiger partial charge in [0, 0.05) is 17.7 Å². The van der Waals surface area contributed by atoms with Crippen LogP contribution in [0, 0.1) is 24.0 Å². The number of nitro groups is 1. The Bertz CT molecular complexity index is 1350. The number of carbonyl (C=O) groups is 1. The number of aryl methyl sites for hydroxylation is 1. The topological polar surface area (TPSA) is 131 Å². The molecule has 0 saturated heterocycles. The lowest BCUT2D eigenvalue weighted by atomic mass is 10.1. The van der Waals surface area contributed by atoms with Crippen molar-refractivity contribution in [3.05, 3.63) is 93.4 Å². The lowest BCUT2D eigenvalue weighted by molar-refractivity contribution is -0.384. The summed E-state index contributed by atoms with van der Waals surface area (Å²) in [6.45, 7) is 5.55. The number of nitrogens with one attached hydrogen (secondary N) is 2. The first-order valence-corrected chi connectivity index (χ1v) is 10.1. The number of para-hydroxylation sites is 1. The fraction of sp³-hybridized carbons (Fsp3) is 0.130. The third-order valence-corrected chi connectivity index (χ3v) is 5.19. The molecule has 33 heavy (non-hydrogen) atoms. The van der Waals surface area contributed by atoms with Crippen molar-refractivity contribution >= 4 is 17.3 Å². The van der Waals surface area contributed by atoms with E-state index >= 15 is 0 Å². The maximum absolute atomic E-state index is 12.6. The normalized spacial score (nSPS) is 11.4. The van der Waals surface area contributed by atoms with E-state index in [0.29, 0.717) is 17.0 Å². The molecule has 4 aromatic rings. The van der Waals surface area contributed by atoms with Crippen LogP contribution in [0.2, 0.25) is 0 Å². The predicted octanol–water partition coefficient (Wildman–Crippen LogP) is 3.94. The molecule has 10 heteroatoms. The first-order chi connectivity index (χ1) is 15.8. The number of nitrogens with zero attached hydrogens (tertiary/aromatic N) is 5. The van der Waals surface area contributed by atoms with Gasteiger partial charge in [-0.15, -0.1) is 0 Å². The summed E-state index contributed by atoms with van der Waals surface area (Å²) < 4.78 is 1.84. The highest BCUT2D eigenvalue weighted by atomic mass is 16.6. The second-order valence-electron chi connectivity index (χ2n) is 7.40. The van der Waals surface area contributed by atoms with Crippen molar-refractivity contribution in [3.63, 3.8) is 0 Å². The van der Waals surface area contributed by atoms with Gasteiger partial charge in [-0.3, -0.25) is 20.0 Å². The van der Waals surface area contributed by atoms with Crippen LogP contribution < -0.4 is 5.43 Å². The van der Waals surface area contributed by atoms with E-state index in [0.717, 1.165) is 22.6 Å². The molecule has 2 aromatic heterocycles. The lowest BCUT2D eigenvalue weighted by Gasteiger charge is -2.04. The standard InChI is InChI=1S/C23H21N7O3/c1-14(17-9-11-19(12-10-17)30(32)33)24-27-23(31)21-13-20(25-26-21)22-15(2)28-29(16(22)3)18-7-5-4-6-8-18/h4-13H,1-3H3,(H,25,26)(H,27,31)/b24-14-. The number of carbonyl (C=O) groups excluding carboxylic acids is 1. The fourth-order valence-corrected chi connectivity index (χ4v) is 3.48. The Morgan fingerprint density at radius 3 is 2.48 bits per heavy atom. The van der Waals surface area contributed by atoms with Crippen LogP contribution in [0.25, 0.3) is 16.9 Å². The number of aromatic amines is 1. The minimum Gasteiger partial charge on any atom is -0.272 e. The van der Waals surface area contributed by atoms with Gasteiger partial charge in [0.05, 0.1) is 33.4 Å². The molecule has 2 heterocycles. The number of hydrogen-bond donors (Lipinski definition) is 2. The van der Waals surface area contributed by atoms with Gasteiger partial charge < -0.3 is 0 Å². The molecule has 0 spiro atoms. The SMILES string of the molecule is C/C(=N/NC(=O)c1cc(-c2c(C)nn(-c3ccccc3)c2C)n[nH]1)c1ccc([N+](=O)[O-])cc1. The Kier molecular flexibility index (Phi) is 5.81. The average Bonchev–Trinajstić information content (AvgIpc) is 3.42. The number of amides is 1. The van der Waals surface area contributed by atoms with Gasteiger partial charge in [-0.05, 0) is 56.7 Å². The molecule has 1 amide bonds. The number of H-pyrrole nitrogens is 1. The van der Waals surface area contributed by atoms with E-state index in [2.05, 4.69) is 25.8 Å². The number of nitro benzene ring substituents is 1. The van der Waals surface area contributed by atoms with E-state index < -0.39 is 10.8 Å². The van der Waals surface area contributed by atoms with Gasteiger partial charge in [-0.1, -0.05) is 18.2 Å². The third kappa shape index (κ3) is 4.40. The summed E-state index contributed by atoms with van der Waals surface area (Å²) in [6, 6.07) is 17.4. The Morgan fingerprint density at radius 1 is 1.12 bits per heavy atom. The lowest BCUT2D eigenvalue weighted by Crippen LogP contribution is -2.19. The van der Waals surface area contributed by atoms with Crippen molar-refractivity contribution in [2.45, 2.75) is 20.8 Å². The average molecular weight is 443 g/mol. The van der Waals surface area contributed by atoms with Gasteiger partial charge in [0.1, 0.15) is 5.69 Å². The molecule has 0 aliphatic carbocycles. The molecule has 0 unspecified atom stereocenters. The monoisotopic (exact) mass is 443 g/mol. The van der Waals surface area contributed by atoms with Gasteiger partial charge in [0.2, 0.25) is 0 Å². The quantitative estimate of drug-likeness (QED) is 0.265. The van der Waals surface area contributed by atoms with E-state index in [-0.39, 0.29) is 11.4 Å². The van der Waals surface area contributed by atoms with E-state index in [1.807, 2.05) is 48.9 Å².